The van der Waals surface area contributed by atoms with Crippen molar-refractivity contribution in [3.8, 4) is 0 Å². The molecule has 1 aliphatic rings. The number of benzene rings is 1. The maximum atomic E-state index is 13.3. The molecule has 1 saturated heterocycles. The van der Waals surface area contributed by atoms with Gasteiger partial charge >= 0.3 is 7.12 Å². The average Bonchev–Trinajstić information content (AvgIpc) is 2.41. The Kier molecular flexibility index (Phi) is 4.64. The Morgan fingerprint density at radius 1 is 1.14 bits per heavy atom. The van der Waals surface area contributed by atoms with E-state index in [1.807, 2.05) is 0 Å². The molecular formula is C11H14BF2NO5S. The number of sulfonamides is 1. The number of aliphatic hydroxyl groups excluding tert-OH is 1. The van der Waals surface area contributed by atoms with Crippen LogP contribution in [0.25, 0.3) is 0 Å². The molecule has 0 amide bonds. The van der Waals surface area contributed by atoms with Crippen LogP contribution in [0.1, 0.15) is 12.8 Å². The van der Waals surface area contributed by atoms with Crippen molar-refractivity contribution < 1.29 is 32.4 Å². The fraction of sp³-hybridized carbons (Fsp3) is 0.455. The Labute approximate surface area is 120 Å². The molecule has 0 radical (unpaired) electrons. The van der Waals surface area contributed by atoms with Crippen molar-refractivity contribution in [2.24, 2.45) is 0 Å². The second kappa shape index (κ2) is 5.97. The van der Waals surface area contributed by atoms with E-state index in [1.165, 1.54) is 0 Å². The molecule has 0 bridgehead atoms. The molecule has 1 aromatic rings. The van der Waals surface area contributed by atoms with E-state index in [-0.39, 0.29) is 25.9 Å². The van der Waals surface area contributed by atoms with Gasteiger partial charge in [0.15, 0.2) is 11.6 Å². The van der Waals surface area contributed by atoms with Crippen molar-refractivity contribution in [1.82, 2.24) is 4.31 Å². The van der Waals surface area contributed by atoms with Crippen molar-refractivity contribution >= 4 is 22.6 Å². The van der Waals surface area contributed by atoms with Crippen LogP contribution in [-0.2, 0) is 10.0 Å². The quantitative estimate of drug-likeness (QED) is 0.607. The molecular weight excluding hydrogens is 307 g/mol. The average molecular weight is 321 g/mol. The van der Waals surface area contributed by atoms with E-state index >= 15 is 0 Å². The molecule has 116 valence electrons. The summed E-state index contributed by atoms with van der Waals surface area (Å²) < 4.78 is 52.3. The van der Waals surface area contributed by atoms with Crippen molar-refractivity contribution in [3.05, 3.63) is 23.8 Å². The zero-order valence-corrected chi connectivity index (χ0v) is 11.7. The highest BCUT2D eigenvalue weighted by atomic mass is 32.2. The zero-order valence-electron chi connectivity index (χ0n) is 10.9. The van der Waals surface area contributed by atoms with Gasteiger partial charge in [-0.15, -0.1) is 0 Å². The van der Waals surface area contributed by atoms with Gasteiger partial charge in [-0.05, 0) is 25.0 Å². The Hall–Kier alpha value is -1.07. The highest BCUT2D eigenvalue weighted by Crippen LogP contribution is 2.21. The van der Waals surface area contributed by atoms with Crippen molar-refractivity contribution in [1.29, 1.82) is 0 Å². The first-order valence-corrected chi connectivity index (χ1v) is 7.70. The van der Waals surface area contributed by atoms with E-state index in [9.17, 15) is 22.3 Å². The normalized spacial score (nSPS) is 18.0. The van der Waals surface area contributed by atoms with Gasteiger partial charge in [0, 0.05) is 18.6 Å². The summed E-state index contributed by atoms with van der Waals surface area (Å²) in [4.78, 5) is -0.687. The maximum Gasteiger partial charge on any atom is 0.489 e. The number of piperidine rings is 1. The number of hydrogen-bond donors (Lipinski definition) is 3. The minimum absolute atomic E-state index is 0.0173. The van der Waals surface area contributed by atoms with Gasteiger partial charge in [0.2, 0.25) is 10.0 Å². The molecule has 6 nitrogen and oxygen atoms in total. The molecule has 0 atom stereocenters. The Morgan fingerprint density at radius 3 is 2.19 bits per heavy atom. The first-order valence-electron chi connectivity index (χ1n) is 6.26. The molecule has 1 heterocycles. The molecule has 1 fully saturated rings. The lowest BCUT2D eigenvalue weighted by Gasteiger charge is -2.29. The predicted octanol–water partition coefficient (Wildman–Crippen LogP) is -1.21. The van der Waals surface area contributed by atoms with Gasteiger partial charge in [-0.2, -0.15) is 4.31 Å². The fourth-order valence-electron chi connectivity index (χ4n) is 2.19. The minimum atomic E-state index is -4.20. The molecule has 0 aromatic heterocycles. The van der Waals surface area contributed by atoms with Gasteiger partial charge in [-0.25, -0.2) is 17.2 Å². The number of aliphatic hydroxyl groups is 1. The van der Waals surface area contributed by atoms with E-state index in [0.717, 1.165) is 4.31 Å². The van der Waals surface area contributed by atoms with Crippen LogP contribution in [-0.4, -0.2) is 54.2 Å². The van der Waals surface area contributed by atoms with Crippen LogP contribution in [0.15, 0.2) is 17.0 Å². The summed E-state index contributed by atoms with van der Waals surface area (Å²) in [7, 11) is -6.45. The standard InChI is InChI=1S/C11H14BF2NO5S/c13-9-5-8(12(17)18)11(6-10(9)14)21(19,20)15-3-1-7(16)2-4-15/h5-7,16-18H,1-4H2. The Bertz CT molecular complexity index is 632. The van der Waals surface area contributed by atoms with E-state index in [1.54, 1.807) is 0 Å². The molecule has 0 unspecified atom stereocenters. The van der Waals surface area contributed by atoms with Crippen LogP contribution >= 0.6 is 0 Å². The smallest absolute Gasteiger partial charge is 0.423 e. The second-order valence-corrected chi connectivity index (χ2v) is 6.72. The summed E-state index contributed by atoms with van der Waals surface area (Å²) in [5.74, 6) is -2.76. The third-order valence-corrected chi connectivity index (χ3v) is 5.33. The number of hydrogen-bond acceptors (Lipinski definition) is 5. The van der Waals surface area contributed by atoms with Crippen molar-refractivity contribution in [2.45, 2.75) is 23.8 Å². The van der Waals surface area contributed by atoms with Crippen molar-refractivity contribution in [3.63, 3.8) is 0 Å². The minimum Gasteiger partial charge on any atom is -0.423 e. The first kappa shape index (κ1) is 16.3. The van der Waals surface area contributed by atoms with Crippen LogP contribution in [0.2, 0.25) is 0 Å². The van der Waals surface area contributed by atoms with Gasteiger partial charge in [0.25, 0.3) is 0 Å². The number of nitrogens with zero attached hydrogens (tertiary/aromatic N) is 1. The van der Waals surface area contributed by atoms with Gasteiger partial charge in [0.1, 0.15) is 0 Å². The molecule has 2 rings (SSSR count). The lowest BCUT2D eigenvalue weighted by atomic mass is 9.80. The summed E-state index contributed by atoms with van der Waals surface area (Å²) in [5, 5.41) is 27.7. The van der Waals surface area contributed by atoms with Gasteiger partial charge in [0.05, 0.1) is 11.0 Å². The molecule has 1 aromatic carbocycles. The second-order valence-electron chi connectivity index (χ2n) is 4.81. The van der Waals surface area contributed by atoms with Crippen molar-refractivity contribution in [2.75, 3.05) is 13.1 Å². The fourth-order valence-corrected chi connectivity index (χ4v) is 3.88. The SMILES string of the molecule is O=S(=O)(c1cc(F)c(F)cc1B(O)O)N1CCC(O)CC1. The van der Waals surface area contributed by atoms with Gasteiger partial charge in [-0.1, -0.05) is 0 Å². The van der Waals surface area contributed by atoms with Crippen LogP contribution < -0.4 is 5.46 Å². The van der Waals surface area contributed by atoms with Crippen LogP contribution in [0.4, 0.5) is 8.78 Å². The summed E-state index contributed by atoms with van der Waals surface area (Å²) in [6.45, 7) is 0.0346. The number of rotatable bonds is 3. The monoisotopic (exact) mass is 321 g/mol. The van der Waals surface area contributed by atoms with Gasteiger partial charge in [-0.3, -0.25) is 0 Å². The Balaban J connectivity index is 2.46. The number of halogens is 2. The van der Waals surface area contributed by atoms with Crippen LogP contribution in [0, 0.1) is 11.6 Å². The van der Waals surface area contributed by atoms with E-state index in [2.05, 4.69) is 0 Å². The third kappa shape index (κ3) is 3.24. The van der Waals surface area contributed by atoms with E-state index in [4.69, 9.17) is 10.0 Å². The molecule has 0 spiro atoms. The lowest BCUT2D eigenvalue weighted by Crippen LogP contribution is -2.44. The van der Waals surface area contributed by atoms with Crippen LogP contribution in [0.3, 0.4) is 0 Å². The molecule has 0 saturated carbocycles. The summed E-state index contributed by atoms with van der Waals surface area (Å²) >= 11 is 0. The lowest BCUT2D eigenvalue weighted by molar-refractivity contribution is 0.113. The maximum absolute atomic E-state index is 13.3. The summed E-state index contributed by atoms with van der Waals surface area (Å²) in [6, 6.07) is 0.885. The largest absolute Gasteiger partial charge is 0.489 e. The molecule has 0 aliphatic carbocycles. The topological polar surface area (TPSA) is 98.1 Å². The molecule has 10 heteroatoms. The first-order chi connectivity index (χ1) is 9.73. The molecule has 3 N–H and O–H groups in total. The van der Waals surface area contributed by atoms with E-state index < -0.39 is 45.2 Å². The van der Waals surface area contributed by atoms with E-state index in [0.29, 0.717) is 12.1 Å². The predicted molar refractivity (Wildman–Crippen MR) is 70.2 cm³/mol. The molecule has 21 heavy (non-hydrogen) atoms. The zero-order chi connectivity index (χ0) is 15.8. The summed E-state index contributed by atoms with van der Waals surface area (Å²) in [5.41, 5.74) is -0.625. The highest BCUT2D eigenvalue weighted by Gasteiger charge is 2.34. The highest BCUT2D eigenvalue weighted by molar-refractivity contribution is 7.89. The Morgan fingerprint density at radius 2 is 1.67 bits per heavy atom. The molecule has 1 aliphatic heterocycles. The van der Waals surface area contributed by atoms with Gasteiger partial charge < -0.3 is 15.2 Å². The van der Waals surface area contributed by atoms with Crippen LogP contribution in [0.5, 0.6) is 0 Å². The third-order valence-electron chi connectivity index (χ3n) is 3.37. The summed E-state index contributed by atoms with van der Waals surface area (Å²) in [6.07, 6.45) is -0.163.